The zero-order valence-corrected chi connectivity index (χ0v) is 36.5. The van der Waals surface area contributed by atoms with Gasteiger partial charge in [-0.25, -0.2) is 4.98 Å². The normalized spacial score (nSPS) is 17.5. The molecule has 0 bridgehead atoms. The van der Waals surface area contributed by atoms with Crippen molar-refractivity contribution in [1.29, 1.82) is 0 Å². The number of ether oxygens (including phenoxy) is 1. The minimum absolute atomic E-state index is 0. The van der Waals surface area contributed by atoms with Crippen LogP contribution in [0.3, 0.4) is 0 Å². The topological polar surface area (TPSA) is 44.9 Å². The molecule has 0 aliphatic heterocycles. The Morgan fingerprint density at radius 3 is 2.18 bits per heavy atom. The number of benzene rings is 4. The number of hydrogen-bond acceptors (Lipinski definition) is 3. The van der Waals surface area contributed by atoms with Crippen molar-refractivity contribution in [2.45, 2.75) is 92.4 Å². The molecule has 0 N–H and O–H groups in total. The molecule has 1 aliphatic rings. The second-order valence-electron chi connectivity index (χ2n) is 17.8. The number of rotatable bonds is 6. The molecule has 3 heterocycles. The van der Waals surface area contributed by atoms with Crippen LogP contribution in [0.2, 0.25) is 0 Å². The summed E-state index contributed by atoms with van der Waals surface area (Å²) >= 11 is 0. The van der Waals surface area contributed by atoms with Gasteiger partial charge in [0.15, 0.2) is 0 Å². The molecule has 7 aromatic rings. The van der Waals surface area contributed by atoms with E-state index in [1.165, 1.54) is 16.7 Å². The molecule has 0 radical (unpaired) electrons. The van der Waals surface area contributed by atoms with Crippen LogP contribution < -0.4 is 4.74 Å². The molecular formula is C50H52N4OPt. The molecule has 288 valence electrons. The van der Waals surface area contributed by atoms with Gasteiger partial charge in [0.25, 0.3) is 0 Å². The molecule has 3 atom stereocenters. The summed E-state index contributed by atoms with van der Waals surface area (Å²) in [7, 11) is 0. The van der Waals surface area contributed by atoms with Gasteiger partial charge in [-0.15, -0.1) is 41.3 Å². The van der Waals surface area contributed by atoms with Crippen molar-refractivity contribution in [2.24, 2.45) is 11.8 Å². The molecule has 6 heteroatoms. The maximum absolute atomic E-state index is 6.80. The summed E-state index contributed by atoms with van der Waals surface area (Å²) in [6, 6.07) is 39.3. The van der Waals surface area contributed by atoms with E-state index in [0.29, 0.717) is 23.3 Å². The third-order valence-electron chi connectivity index (χ3n) is 11.4. The predicted molar refractivity (Wildman–Crippen MR) is 227 cm³/mol. The van der Waals surface area contributed by atoms with Crippen LogP contribution in [0, 0.1) is 30.9 Å². The molecule has 1 aliphatic carbocycles. The maximum Gasteiger partial charge on any atom is 2.00 e. The Morgan fingerprint density at radius 2 is 1.46 bits per heavy atom. The first kappa shape index (κ1) is 39.5. The average molecular weight is 920 g/mol. The fraction of sp³-hybridized carbons (Fsp3) is 0.320. The van der Waals surface area contributed by atoms with Crippen molar-refractivity contribution in [2.75, 3.05) is 0 Å². The fourth-order valence-corrected chi connectivity index (χ4v) is 8.69. The molecule has 1 unspecified atom stereocenters. The Balaban J connectivity index is 0.00000480. The minimum atomic E-state index is -0.156. The summed E-state index contributed by atoms with van der Waals surface area (Å²) in [6.45, 7) is 22.6. The zero-order valence-electron chi connectivity index (χ0n) is 34.3. The van der Waals surface area contributed by atoms with Gasteiger partial charge in [-0.2, -0.15) is 11.2 Å². The quantitative estimate of drug-likeness (QED) is 0.123. The Kier molecular flexibility index (Phi) is 10.6. The molecule has 5 nitrogen and oxygen atoms in total. The standard InChI is InChI=1S/C50H52N4O.Pt/c1-31-24-32(2)46(33(3)25-31)47-34(4)52-54(48(47)35-16-12-11-13-17-35)38-26-37(50(8,9)10)27-40(29-38)55-39-20-21-42-41-18-14-15-19-43(41)53(44(42)30-39)45-28-36(22-23-51-45)49(5,6)7;/h11-24,26-28,31,33,46H,25H2,1-10H3;/q-2;+2/t31-,33-,46?;/m0./s1. The van der Waals surface area contributed by atoms with Crippen molar-refractivity contribution in [3.05, 3.63) is 143 Å². The van der Waals surface area contributed by atoms with Crippen LogP contribution in [-0.2, 0) is 31.9 Å². The van der Waals surface area contributed by atoms with Crippen molar-refractivity contribution in [3.63, 3.8) is 0 Å². The van der Waals surface area contributed by atoms with Gasteiger partial charge in [0.1, 0.15) is 5.82 Å². The monoisotopic (exact) mass is 919 g/mol. The number of pyridine rings is 1. The molecule has 3 aromatic heterocycles. The van der Waals surface area contributed by atoms with Gasteiger partial charge in [0, 0.05) is 40.3 Å². The first-order valence-electron chi connectivity index (χ1n) is 19.7. The Bertz CT molecular complexity index is 2580. The molecule has 0 spiro atoms. The summed E-state index contributed by atoms with van der Waals surface area (Å²) in [5.74, 6) is 3.45. The molecule has 8 rings (SSSR count). The summed E-state index contributed by atoms with van der Waals surface area (Å²) < 4.78 is 11.1. The second-order valence-corrected chi connectivity index (χ2v) is 17.8. The minimum Gasteiger partial charge on any atom is -0.509 e. The maximum atomic E-state index is 6.80. The fourth-order valence-electron chi connectivity index (χ4n) is 8.69. The third-order valence-corrected chi connectivity index (χ3v) is 11.4. The van der Waals surface area contributed by atoms with Crippen LogP contribution in [0.15, 0.2) is 109 Å². The van der Waals surface area contributed by atoms with E-state index in [-0.39, 0.29) is 37.8 Å². The van der Waals surface area contributed by atoms with Gasteiger partial charge in [-0.1, -0.05) is 121 Å². The van der Waals surface area contributed by atoms with Crippen molar-refractivity contribution in [3.8, 4) is 34.3 Å². The predicted octanol–water partition coefficient (Wildman–Crippen LogP) is 13.0. The van der Waals surface area contributed by atoms with Gasteiger partial charge in [-0.3, -0.25) is 4.68 Å². The van der Waals surface area contributed by atoms with E-state index in [1.54, 1.807) is 0 Å². The van der Waals surface area contributed by atoms with E-state index in [0.717, 1.165) is 62.2 Å². The Labute approximate surface area is 347 Å². The molecule has 0 fully saturated rings. The first-order valence-corrected chi connectivity index (χ1v) is 19.7. The van der Waals surface area contributed by atoms with Crippen molar-refractivity contribution in [1.82, 2.24) is 19.3 Å². The van der Waals surface area contributed by atoms with E-state index in [4.69, 9.17) is 14.8 Å². The molecular weight excluding hydrogens is 868 g/mol. The van der Waals surface area contributed by atoms with Gasteiger partial charge in [0.05, 0.1) is 11.4 Å². The number of nitrogens with zero attached hydrogens (tertiary/aromatic N) is 4. The second kappa shape index (κ2) is 15.0. The molecule has 4 aromatic carbocycles. The van der Waals surface area contributed by atoms with Crippen LogP contribution in [0.1, 0.15) is 97.0 Å². The number of para-hydroxylation sites is 1. The number of fused-ring (bicyclic) bond motifs is 3. The van der Waals surface area contributed by atoms with Crippen molar-refractivity contribution >= 4 is 21.8 Å². The van der Waals surface area contributed by atoms with E-state index in [1.807, 2.05) is 12.3 Å². The third kappa shape index (κ3) is 7.31. The number of hydrogen-bond donors (Lipinski definition) is 0. The number of aromatic nitrogens is 4. The summed E-state index contributed by atoms with van der Waals surface area (Å²) in [6.07, 6.45) is 5.52. The van der Waals surface area contributed by atoms with Crippen LogP contribution in [0.25, 0.3) is 44.6 Å². The molecule has 0 saturated heterocycles. The first-order chi connectivity index (χ1) is 26.2. The van der Waals surface area contributed by atoms with Gasteiger partial charge in [-0.05, 0) is 77.8 Å². The van der Waals surface area contributed by atoms with Crippen molar-refractivity contribution < 1.29 is 25.8 Å². The van der Waals surface area contributed by atoms with Crippen LogP contribution in [0.5, 0.6) is 11.5 Å². The largest absolute Gasteiger partial charge is 2.00 e. The molecule has 0 amide bonds. The zero-order chi connectivity index (χ0) is 38.8. The average Bonchev–Trinajstić information content (AvgIpc) is 3.65. The van der Waals surface area contributed by atoms with E-state index in [2.05, 4.69) is 182 Å². The summed E-state index contributed by atoms with van der Waals surface area (Å²) in [5, 5.41) is 7.56. The van der Waals surface area contributed by atoms with E-state index in [9.17, 15) is 0 Å². The van der Waals surface area contributed by atoms with Crippen LogP contribution >= 0.6 is 0 Å². The van der Waals surface area contributed by atoms with Gasteiger partial charge >= 0.3 is 21.1 Å². The Hall–Kier alpha value is -4.73. The Morgan fingerprint density at radius 1 is 0.750 bits per heavy atom. The van der Waals surface area contributed by atoms with Gasteiger partial charge < -0.3 is 9.30 Å². The van der Waals surface area contributed by atoms with E-state index < -0.39 is 0 Å². The molecule has 0 saturated carbocycles. The van der Waals surface area contributed by atoms with Crippen LogP contribution in [-0.4, -0.2) is 19.3 Å². The number of allylic oxidation sites excluding steroid dienone is 2. The SMILES string of the molecule is CC1=C[C@H](C)C[C@H](C)C1c1c(C)nn(-c2[c-]c(Oc3[c-]c4c(cc3)c3ccccc3n4-c3cc(C(C)(C)C)ccn3)cc(C(C)(C)C)c2)c1-c1ccccc1.[Pt+2]. The summed E-state index contributed by atoms with van der Waals surface area (Å²) in [5.41, 5.74) is 11.1. The smallest absolute Gasteiger partial charge is 0.509 e. The molecule has 56 heavy (non-hydrogen) atoms. The number of aryl methyl sites for hydroxylation is 1. The summed E-state index contributed by atoms with van der Waals surface area (Å²) in [4.78, 5) is 4.86. The van der Waals surface area contributed by atoms with Crippen LogP contribution in [0.4, 0.5) is 0 Å². The van der Waals surface area contributed by atoms with Gasteiger partial charge in [0.2, 0.25) is 0 Å². The van der Waals surface area contributed by atoms with E-state index >= 15 is 0 Å².